The average molecular weight is 461 g/mol. The number of carbonyl (C=O) groups excluding carboxylic acids is 1. The van der Waals surface area contributed by atoms with Crippen LogP contribution in [0.2, 0.25) is 0 Å². The number of nitrogens with one attached hydrogen (secondary N) is 1. The van der Waals surface area contributed by atoms with Gasteiger partial charge < -0.3 is 14.6 Å². The highest BCUT2D eigenvalue weighted by Gasteiger charge is 2.21. The van der Waals surface area contributed by atoms with Crippen LogP contribution in [-0.4, -0.2) is 48.5 Å². The normalized spacial score (nSPS) is 14.6. The first-order valence-electron chi connectivity index (χ1n) is 12.2. The van der Waals surface area contributed by atoms with Crippen LogP contribution >= 0.6 is 0 Å². The summed E-state index contributed by atoms with van der Waals surface area (Å²) in [6.45, 7) is 12.9. The molecule has 6 nitrogen and oxygen atoms in total. The zero-order valence-corrected chi connectivity index (χ0v) is 20.8. The molecule has 0 atom stereocenters. The van der Waals surface area contributed by atoms with Gasteiger partial charge in [0.2, 0.25) is 11.8 Å². The van der Waals surface area contributed by atoms with E-state index in [1.165, 1.54) is 16.8 Å². The van der Waals surface area contributed by atoms with Crippen LogP contribution in [0, 0.1) is 19.8 Å². The van der Waals surface area contributed by atoms with Crippen molar-refractivity contribution in [3.63, 3.8) is 0 Å². The molecule has 0 bridgehead atoms. The molecule has 1 aliphatic rings. The SMILES string of the molecule is Cc1ccc(N2CCN(CC(=O)NCc3nc(-c4ccccc4)c(CC(C)C)o3)CC2)cc1C. The lowest BCUT2D eigenvalue weighted by Gasteiger charge is -2.36. The molecule has 0 spiro atoms. The van der Waals surface area contributed by atoms with Crippen LogP contribution in [0.4, 0.5) is 5.69 Å². The van der Waals surface area contributed by atoms with Gasteiger partial charge in [-0.2, -0.15) is 0 Å². The van der Waals surface area contributed by atoms with E-state index in [0.717, 1.165) is 49.6 Å². The third-order valence-electron chi connectivity index (χ3n) is 6.41. The molecule has 0 radical (unpaired) electrons. The number of carbonyl (C=O) groups is 1. The van der Waals surface area contributed by atoms with E-state index >= 15 is 0 Å². The Balaban J connectivity index is 1.29. The number of benzene rings is 2. The second-order valence-electron chi connectivity index (χ2n) is 9.65. The van der Waals surface area contributed by atoms with E-state index in [0.29, 0.717) is 24.9 Å². The van der Waals surface area contributed by atoms with Gasteiger partial charge in [0, 0.05) is 43.9 Å². The van der Waals surface area contributed by atoms with Crippen LogP contribution in [0.1, 0.15) is 36.6 Å². The molecule has 1 N–H and O–H groups in total. The van der Waals surface area contributed by atoms with E-state index in [9.17, 15) is 4.79 Å². The van der Waals surface area contributed by atoms with E-state index in [4.69, 9.17) is 9.40 Å². The molecule has 1 amide bonds. The standard InChI is InChI=1S/C28H36N4O2/c1-20(2)16-25-28(23-8-6-5-7-9-23)30-27(34-25)18-29-26(33)19-31-12-14-32(15-13-31)24-11-10-21(3)22(4)17-24/h5-11,17,20H,12-16,18-19H2,1-4H3,(H,29,33). The second-order valence-corrected chi connectivity index (χ2v) is 9.65. The highest BCUT2D eigenvalue weighted by Crippen LogP contribution is 2.26. The molecule has 34 heavy (non-hydrogen) atoms. The number of amides is 1. The van der Waals surface area contributed by atoms with Gasteiger partial charge in [-0.05, 0) is 43.0 Å². The third kappa shape index (κ3) is 6.06. The largest absolute Gasteiger partial charge is 0.443 e. The van der Waals surface area contributed by atoms with Gasteiger partial charge in [-0.3, -0.25) is 9.69 Å². The van der Waals surface area contributed by atoms with Crippen molar-refractivity contribution in [2.45, 2.75) is 40.7 Å². The van der Waals surface area contributed by atoms with E-state index in [1.54, 1.807) is 0 Å². The second kappa shape index (κ2) is 10.9. The number of piperazine rings is 1. The molecule has 180 valence electrons. The molecule has 0 aliphatic carbocycles. The molecule has 0 saturated carbocycles. The summed E-state index contributed by atoms with van der Waals surface area (Å²) in [5.41, 5.74) is 5.82. The van der Waals surface area contributed by atoms with Crippen LogP contribution in [0.15, 0.2) is 52.9 Å². The number of oxazole rings is 1. The summed E-state index contributed by atoms with van der Waals surface area (Å²) in [6.07, 6.45) is 0.815. The molecular formula is C28H36N4O2. The lowest BCUT2D eigenvalue weighted by Crippen LogP contribution is -2.49. The van der Waals surface area contributed by atoms with Gasteiger partial charge in [0.25, 0.3) is 0 Å². The Morgan fingerprint density at radius 1 is 1.03 bits per heavy atom. The number of aromatic nitrogens is 1. The molecule has 1 fully saturated rings. The van der Waals surface area contributed by atoms with Gasteiger partial charge in [0.1, 0.15) is 11.5 Å². The topological polar surface area (TPSA) is 61.6 Å². The minimum Gasteiger partial charge on any atom is -0.443 e. The Morgan fingerprint density at radius 3 is 2.44 bits per heavy atom. The van der Waals surface area contributed by atoms with E-state index < -0.39 is 0 Å². The molecule has 1 aliphatic heterocycles. The lowest BCUT2D eigenvalue weighted by molar-refractivity contribution is -0.122. The first-order valence-corrected chi connectivity index (χ1v) is 12.2. The number of hydrogen-bond donors (Lipinski definition) is 1. The Morgan fingerprint density at radius 2 is 1.76 bits per heavy atom. The van der Waals surface area contributed by atoms with Crippen LogP contribution in [0.3, 0.4) is 0 Å². The summed E-state index contributed by atoms with van der Waals surface area (Å²) in [4.78, 5) is 21.9. The maximum Gasteiger partial charge on any atom is 0.234 e. The molecule has 3 aromatic rings. The van der Waals surface area contributed by atoms with Crippen molar-refractivity contribution in [3.05, 3.63) is 71.3 Å². The molecule has 1 aromatic heterocycles. The predicted molar refractivity (Wildman–Crippen MR) is 137 cm³/mol. The van der Waals surface area contributed by atoms with Crippen molar-refractivity contribution in [1.29, 1.82) is 0 Å². The quantitative estimate of drug-likeness (QED) is 0.533. The van der Waals surface area contributed by atoms with Crippen molar-refractivity contribution in [3.8, 4) is 11.3 Å². The zero-order chi connectivity index (χ0) is 24.1. The van der Waals surface area contributed by atoms with Crippen molar-refractivity contribution >= 4 is 11.6 Å². The average Bonchev–Trinajstić information content (AvgIpc) is 3.22. The van der Waals surface area contributed by atoms with Crippen molar-refractivity contribution in [2.24, 2.45) is 5.92 Å². The summed E-state index contributed by atoms with van der Waals surface area (Å²) in [7, 11) is 0. The van der Waals surface area contributed by atoms with Crippen molar-refractivity contribution < 1.29 is 9.21 Å². The minimum absolute atomic E-state index is 0.00417. The van der Waals surface area contributed by atoms with Gasteiger partial charge in [-0.25, -0.2) is 4.98 Å². The molecule has 1 saturated heterocycles. The lowest BCUT2D eigenvalue weighted by atomic mass is 10.0. The van der Waals surface area contributed by atoms with Crippen LogP contribution in [0.5, 0.6) is 0 Å². The number of anilines is 1. The Labute approximate surface area is 203 Å². The Kier molecular flexibility index (Phi) is 7.68. The fraction of sp³-hybridized carbons (Fsp3) is 0.429. The van der Waals surface area contributed by atoms with E-state index in [1.807, 2.05) is 30.3 Å². The van der Waals surface area contributed by atoms with Gasteiger partial charge in [0.05, 0.1) is 13.1 Å². The highest BCUT2D eigenvalue weighted by atomic mass is 16.4. The predicted octanol–water partition coefficient (Wildman–Crippen LogP) is 4.60. The number of aryl methyl sites for hydroxylation is 2. The van der Waals surface area contributed by atoms with Gasteiger partial charge in [-0.15, -0.1) is 0 Å². The fourth-order valence-electron chi connectivity index (χ4n) is 4.33. The van der Waals surface area contributed by atoms with Gasteiger partial charge >= 0.3 is 0 Å². The summed E-state index contributed by atoms with van der Waals surface area (Å²) in [6, 6.07) is 16.7. The van der Waals surface area contributed by atoms with E-state index in [-0.39, 0.29) is 5.91 Å². The molecule has 0 unspecified atom stereocenters. The Bertz CT molecular complexity index is 1100. The smallest absolute Gasteiger partial charge is 0.234 e. The first kappa shape index (κ1) is 24.0. The molecule has 4 rings (SSSR count). The molecule has 6 heteroatoms. The summed E-state index contributed by atoms with van der Waals surface area (Å²) in [5, 5.41) is 3.00. The summed E-state index contributed by atoms with van der Waals surface area (Å²) >= 11 is 0. The van der Waals surface area contributed by atoms with E-state index in [2.05, 4.69) is 61.0 Å². The maximum atomic E-state index is 12.6. The van der Waals surface area contributed by atoms with Gasteiger partial charge in [-0.1, -0.05) is 50.2 Å². The molecule has 2 heterocycles. The monoisotopic (exact) mass is 460 g/mol. The summed E-state index contributed by atoms with van der Waals surface area (Å²) < 4.78 is 6.06. The maximum absolute atomic E-state index is 12.6. The number of hydrogen-bond acceptors (Lipinski definition) is 5. The Hall–Kier alpha value is -3.12. The number of rotatable bonds is 8. The molecule has 2 aromatic carbocycles. The summed E-state index contributed by atoms with van der Waals surface area (Å²) in [5.74, 6) is 1.90. The number of nitrogens with zero attached hydrogens (tertiary/aromatic N) is 3. The van der Waals surface area contributed by atoms with Crippen LogP contribution in [-0.2, 0) is 17.8 Å². The van der Waals surface area contributed by atoms with Gasteiger partial charge in [0.15, 0.2) is 0 Å². The minimum atomic E-state index is 0.00417. The van der Waals surface area contributed by atoms with Crippen molar-refractivity contribution in [1.82, 2.24) is 15.2 Å². The third-order valence-corrected chi connectivity index (χ3v) is 6.41. The molecular weight excluding hydrogens is 424 g/mol. The van der Waals surface area contributed by atoms with Crippen LogP contribution in [0.25, 0.3) is 11.3 Å². The highest BCUT2D eigenvalue weighted by molar-refractivity contribution is 5.78. The van der Waals surface area contributed by atoms with Crippen molar-refractivity contribution in [2.75, 3.05) is 37.6 Å². The fourth-order valence-corrected chi connectivity index (χ4v) is 4.33. The zero-order valence-electron chi connectivity index (χ0n) is 20.8. The van der Waals surface area contributed by atoms with Crippen LogP contribution < -0.4 is 10.2 Å². The first-order chi connectivity index (χ1) is 16.4.